The van der Waals surface area contributed by atoms with Crippen molar-refractivity contribution in [2.24, 2.45) is 0 Å². The van der Waals surface area contributed by atoms with Gasteiger partial charge in [-0.2, -0.15) is 0 Å². The maximum Gasteiger partial charge on any atom is 0.221 e. The Hall–Kier alpha value is -5.69. The first-order chi connectivity index (χ1) is 25.1. The Kier molecular flexibility index (Phi) is 6.75. The first-order valence-electron chi connectivity index (χ1n) is 17.4. The number of aromatic nitrogens is 4. The fourth-order valence-corrected chi connectivity index (χ4v) is 15.3. The molecule has 0 fully saturated rings. The molecule has 0 radical (unpaired) electrons. The molecule has 244 valence electrons. The summed E-state index contributed by atoms with van der Waals surface area (Å²) in [5.74, 6) is 1.72. The number of benzene rings is 6. The van der Waals surface area contributed by atoms with Crippen LogP contribution in [0.1, 0.15) is 25.0 Å². The molecule has 6 aromatic carbocycles. The smallest absolute Gasteiger partial charge is 0.221 e. The first-order valence-corrected chi connectivity index (χ1v) is 20.2. The second kappa shape index (κ2) is 11.4. The van der Waals surface area contributed by atoms with Crippen LogP contribution in [0.2, 0.25) is 0 Å². The van der Waals surface area contributed by atoms with Gasteiger partial charge in [-0.05, 0) is 74.3 Å². The zero-order valence-corrected chi connectivity index (χ0v) is 30.2. The van der Waals surface area contributed by atoms with E-state index in [1.165, 1.54) is 41.7 Å². The van der Waals surface area contributed by atoms with Crippen LogP contribution in [0.3, 0.4) is 0 Å². The summed E-state index contributed by atoms with van der Waals surface area (Å²) in [4.78, 5) is 13.0. The molecule has 0 unspecified atom stereocenters. The monoisotopic (exact) mass is 690 g/mol. The Bertz CT molecular complexity index is 2730. The van der Waals surface area contributed by atoms with Gasteiger partial charge in [0.05, 0.1) is 22.1 Å². The van der Waals surface area contributed by atoms with E-state index in [-0.39, 0.29) is 5.41 Å². The minimum absolute atomic E-state index is 0.150. The fourth-order valence-electron chi connectivity index (χ4n) is 8.45. The molecule has 51 heavy (non-hydrogen) atoms. The molecule has 0 spiro atoms. The van der Waals surface area contributed by atoms with Gasteiger partial charge in [-0.3, -0.25) is 8.97 Å². The largest absolute Gasteiger partial charge is 0.276 e. The lowest BCUT2D eigenvalue weighted by Crippen LogP contribution is -2.75. The Balaban J connectivity index is 1.31. The lowest BCUT2D eigenvalue weighted by atomic mass is 9.78. The minimum atomic E-state index is -2.98. The molecule has 9 aromatic rings. The van der Waals surface area contributed by atoms with E-state index in [4.69, 9.17) is 9.97 Å². The van der Waals surface area contributed by atoms with E-state index < -0.39 is 8.07 Å². The second-order valence-corrected chi connectivity index (χ2v) is 18.7. The van der Waals surface area contributed by atoms with Crippen molar-refractivity contribution in [2.75, 3.05) is 0 Å². The Morgan fingerprint density at radius 1 is 0.569 bits per heavy atom. The van der Waals surface area contributed by atoms with Gasteiger partial charge in [0, 0.05) is 21.4 Å². The maximum atomic E-state index is 5.18. The van der Waals surface area contributed by atoms with E-state index in [9.17, 15) is 0 Å². The molecule has 10 rings (SSSR count). The van der Waals surface area contributed by atoms with Gasteiger partial charge in [0.25, 0.3) is 0 Å². The number of fused-ring (bicyclic) bond motifs is 7. The number of para-hydroxylation sites is 4. The van der Waals surface area contributed by atoms with Crippen LogP contribution in [0.5, 0.6) is 0 Å². The van der Waals surface area contributed by atoms with Crippen LogP contribution in [-0.4, -0.2) is 27.0 Å². The summed E-state index contributed by atoms with van der Waals surface area (Å²) in [6, 6.07) is 60.0. The molecule has 4 heterocycles. The zero-order valence-electron chi connectivity index (χ0n) is 28.4. The van der Waals surface area contributed by atoms with Crippen LogP contribution in [-0.2, 0) is 5.41 Å². The summed E-state index contributed by atoms with van der Waals surface area (Å²) in [7, 11) is -2.98. The number of rotatable bonds is 5. The highest BCUT2D eigenvalue weighted by molar-refractivity contribution is 7.99. The van der Waals surface area contributed by atoms with Gasteiger partial charge >= 0.3 is 0 Å². The topological polar surface area (TPSA) is 35.1 Å². The molecule has 0 N–H and O–H groups in total. The Morgan fingerprint density at radius 2 is 1.20 bits per heavy atom. The Morgan fingerprint density at radius 3 is 1.96 bits per heavy atom. The van der Waals surface area contributed by atoms with E-state index in [0.29, 0.717) is 0 Å². The maximum absolute atomic E-state index is 5.18. The third-order valence-electron chi connectivity index (χ3n) is 10.8. The molecule has 1 aliphatic heterocycles. The van der Waals surface area contributed by atoms with Gasteiger partial charge < -0.3 is 0 Å². The third kappa shape index (κ3) is 4.33. The average molecular weight is 691 g/mol. The molecular weight excluding hydrogens is 657 g/mol. The quantitative estimate of drug-likeness (QED) is 0.136. The molecule has 6 heteroatoms. The number of hydrogen-bond donors (Lipinski definition) is 0. The number of imidazole rings is 2. The van der Waals surface area contributed by atoms with Crippen LogP contribution in [0.4, 0.5) is 0 Å². The average Bonchev–Trinajstić information content (AvgIpc) is 3.71. The van der Waals surface area contributed by atoms with Crippen LogP contribution in [0.25, 0.3) is 33.7 Å². The normalized spacial score (nSPS) is 13.8. The molecule has 3 aromatic heterocycles. The molecule has 0 aliphatic carbocycles. The van der Waals surface area contributed by atoms with Gasteiger partial charge in [0.15, 0.2) is 8.07 Å². The zero-order chi connectivity index (χ0) is 34.2. The lowest BCUT2D eigenvalue weighted by molar-refractivity contribution is 0.608. The van der Waals surface area contributed by atoms with Gasteiger partial charge in [-0.1, -0.05) is 147 Å². The molecule has 0 saturated heterocycles. The van der Waals surface area contributed by atoms with E-state index in [2.05, 4.69) is 187 Å². The standard InChI is InChI=1S/C45H34N4SSi/c1-45(2)34-20-9-14-26-40(34)50-43-35(45)21-15-27-41(43)51(31-16-5-3-6-17-31,32-18-7-4-8-19-32)33-28-29-46-42(30-33)49-39-25-13-12-24-38(39)48-37-23-11-10-22-36(37)47-44(48)49/h3-30H,1-2H3. The van der Waals surface area contributed by atoms with Crippen molar-refractivity contribution in [3.05, 3.63) is 181 Å². The summed E-state index contributed by atoms with van der Waals surface area (Å²) in [5, 5.41) is 5.36. The summed E-state index contributed by atoms with van der Waals surface area (Å²) in [6.07, 6.45) is 2.01. The molecule has 1 aliphatic rings. The van der Waals surface area contributed by atoms with E-state index in [0.717, 1.165) is 33.7 Å². The fraction of sp³-hybridized carbons (Fsp3) is 0.0667. The van der Waals surface area contributed by atoms with Gasteiger partial charge in [0.2, 0.25) is 5.78 Å². The van der Waals surface area contributed by atoms with Crippen molar-refractivity contribution in [3.8, 4) is 5.82 Å². The third-order valence-corrected chi connectivity index (χ3v) is 17.0. The SMILES string of the molecule is CC1(C)c2ccccc2Sc2c1cccc2[Si](c1ccccc1)(c1ccccc1)c1ccnc(-n2c3ccccc3n3c4ccccc4nc23)c1. The summed E-state index contributed by atoms with van der Waals surface area (Å²) in [6.45, 7) is 4.76. The van der Waals surface area contributed by atoms with E-state index in [1.54, 1.807) is 0 Å². The summed E-state index contributed by atoms with van der Waals surface area (Å²) < 4.78 is 4.50. The van der Waals surface area contributed by atoms with Crippen molar-refractivity contribution >= 4 is 68.4 Å². The predicted molar refractivity (Wildman–Crippen MR) is 214 cm³/mol. The van der Waals surface area contributed by atoms with E-state index in [1.807, 2.05) is 18.0 Å². The second-order valence-electron chi connectivity index (χ2n) is 13.9. The first kappa shape index (κ1) is 30.2. The van der Waals surface area contributed by atoms with Crippen LogP contribution in [0, 0.1) is 0 Å². The van der Waals surface area contributed by atoms with Crippen LogP contribution in [0.15, 0.2) is 180 Å². The van der Waals surface area contributed by atoms with Crippen molar-refractivity contribution in [2.45, 2.75) is 29.1 Å². The van der Waals surface area contributed by atoms with Gasteiger partial charge in [0.1, 0.15) is 5.82 Å². The van der Waals surface area contributed by atoms with E-state index >= 15 is 0 Å². The Labute approximate surface area is 302 Å². The lowest BCUT2D eigenvalue weighted by Gasteiger charge is -2.40. The van der Waals surface area contributed by atoms with Gasteiger partial charge in [-0.15, -0.1) is 0 Å². The highest BCUT2D eigenvalue weighted by Gasteiger charge is 2.46. The number of nitrogens with zero attached hydrogens (tertiary/aromatic N) is 4. The predicted octanol–water partition coefficient (Wildman–Crippen LogP) is 7.99. The highest BCUT2D eigenvalue weighted by Crippen LogP contribution is 2.48. The number of hydrogen-bond acceptors (Lipinski definition) is 3. The van der Waals surface area contributed by atoms with Crippen molar-refractivity contribution < 1.29 is 0 Å². The molecule has 0 atom stereocenters. The molecule has 0 amide bonds. The minimum Gasteiger partial charge on any atom is -0.276 e. The van der Waals surface area contributed by atoms with Crippen molar-refractivity contribution in [1.82, 2.24) is 18.9 Å². The summed E-state index contributed by atoms with van der Waals surface area (Å²) >= 11 is 1.93. The molecule has 0 bridgehead atoms. The molecule has 4 nitrogen and oxygen atoms in total. The van der Waals surface area contributed by atoms with Crippen molar-refractivity contribution in [1.29, 1.82) is 0 Å². The van der Waals surface area contributed by atoms with Crippen molar-refractivity contribution in [3.63, 3.8) is 0 Å². The van der Waals surface area contributed by atoms with Crippen LogP contribution < -0.4 is 20.7 Å². The highest BCUT2D eigenvalue weighted by atomic mass is 32.2. The molecule has 0 saturated carbocycles. The molecular formula is C45H34N4SSi. The van der Waals surface area contributed by atoms with Crippen LogP contribution >= 0.6 is 11.8 Å². The summed E-state index contributed by atoms with van der Waals surface area (Å²) in [5.41, 5.74) is 6.85. The van der Waals surface area contributed by atoms with Gasteiger partial charge in [-0.25, -0.2) is 9.97 Å². The number of pyridine rings is 1.